The molecule has 0 saturated carbocycles. The van der Waals surface area contributed by atoms with Gasteiger partial charge in [0.15, 0.2) is 0 Å². The molecule has 1 aromatic heterocycles. The van der Waals surface area contributed by atoms with E-state index in [-0.39, 0.29) is 6.04 Å². The Balaban J connectivity index is 2.49. The predicted octanol–water partition coefficient (Wildman–Crippen LogP) is 3.65. The number of carbonyl (C=O) groups excluding carboxylic acids is 1. The number of rotatable bonds is 7. The number of nitrogens with zero attached hydrogens (tertiary/aromatic N) is 1. The molecule has 1 rings (SSSR count). The highest BCUT2D eigenvalue weighted by molar-refractivity contribution is 7.12. The van der Waals surface area contributed by atoms with Crippen molar-refractivity contribution >= 4 is 17.4 Å². The lowest BCUT2D eigenvalue weighted by atomic mass is 10.0. The van der Waals surface area contributed by atoms with E-state index in [0.29, 0.717) is 23.9 Å². The van der Waals surface area contributed by atoms with E-state index in [0.717, 1.165) is 11.3 Å². The van der Waals surface area contributed by atoms with Crippen LogP contribution in [0.15, 0.2) is 12.1 Å². The Bertz CT molecular complexity index is 541. The molecule has 0 aliphatic rings. The van der Waals surface area contributed by atoms with Crippen molar-refractivity contribution in [1.29, 1.82) is 5.26 Å². The minimum atomic E-state index is -0.490. The highest BCUT2D eigenvalue weighted by atomic mass is 32.1. The molecule has 0 radical (unpaired) electrons. The molecular weight excluding hydrogens is 310 g/mol. The summed E-state index contributed by atoms with van der Waals surface area (Å²) in [5, 5.41) is 15.1. The predicted molar refractivity (Wildman–Crippen MR) is 93.4 cm³/mol. The van der Waals surface area contributed by atoms with Crippen LogP contribution in [0.2, 0.25) is 0 Å². The molecule has 1 atom stereocenters. The first-order chi connectivity index (χ1) is 10.7. The third-order valence-electron chi connectivity index (χ3n) is 2.98. The molecule has 2 N–H and O–H groups in total. The first-order valence-corrected chi connectivity index (χ1v) is 8.70. The topological polar surface area (TPSA) is 74.2 Å². The minimum absolute atomic E-state index is 0.162. The van der Waals surface area contributed by atoms with Crippen LogP contribution in [0.5, 0.6) is 0 Å². The van der Waals surface area contributed by atoms with Gasteiger partial charge in [-0.05, 0) is 45.2 Å². The van der Waals surface area contributed by atoms with Gasteiger partial charge >= 0.3 is 6.09 Å². The van der Waals surface area contributed by atoms with Crippen LogP contribution in [-0.4, -0.2) is 24.3 Å². The van der Waals surface area contributed by atoms with E-state index >= 15 is 0 Å². The molecule has 1 heterocycles. The monoisotopic (exact) mass is 337 g/mol. The fourth-order valence-corrected chi connectivity index (χ4v) is 2.86. The van der Waals surface area contributed by atoms with Crippen LogP contribution in [0, 0.1) is 17.2 Å². The third kappa shape index (κ3) is 8.58. The van der Waals surface area contributed by atoms with E-state index in [9.17, 15) is 4.79 Å². The van der Waals surface area contributed by atoms with E-state index in [2.05, 4.69) is 30.6 Å². The molecule has 1 unspecified atom stereocenters. The second-order valence-corrected chi connectivity index (χ2v) is 8.14. The lowest BCUT2D eigenvalue weighted by Crippen LogP contribution is -2.43. The van der Waals surface area contributed by atoms with Crippen LogP contribution in [-0.2, 0) is 11.3 Å². The lowest BCUT2D eigenvalue weighted by molar-refractivity contribution is 0.0521. The summed E-state index contributed by atoms with van der Waals surface area (Å²) >= 11 is 1.49. The van der Waals surface area contributed by atoms with Crippen molar-refractivity contribution in [1.82, 2.24) is 10.6 Å². The summed E-state index contributed by atoms with van der Waals surface area (Å²) in [6.45, 7) is 11.1. The number of hydrogen-bond acceptors (Lipinski definition) is 5. The normalized spacial score (nSPS) is 12.7. The molecule has 5 nitrogen and oxygen atoms in total. The molecule has 0 spiro atoms. The molecule has 0 fully saturated rings. The summed E-state index contributed by atoms with van der Waals surface area (Å²) in [5.74, 6) is 0.519. The fraction of sp³-hybridized carbons (Fsp3) is 0.647. The molecule has 1 aromatic rings. The van der Waals surface area contributed by atoms with E-state index in [4.69, 9.17) is 10.00 Å². The molecule has 0 saturated heterocycles. The summed E-state index contributed by atoms with van der Waals surface area (Å²) in [6.07, 6.45) is 0.558. The average molecular weight is 337 g/mol. The number of hydrogen-bond donors (Lipinski definition) is 2. The van der Waals surface area contributed by atoms with Crippen molar-refractivity contribution in [3.8, 4) is 6.07 Å². The van der Waals surface area contributed by atoms with Gasteiger partial charge in [-0.25, -0.2) is 4.79 Å². The van der Waals surface area contributed by atoms with Crippen molar-refractivity contribution in [3.63, 3.8) is 0 Å². The van der Waals surface area contributed by atoms with E-state index in [1.165, 1.54) is 11.3 Å². The zero-order valence-corrected chi connectivity index (χ0v) is 15.4. The zero-order chi connectivity index (χ0) is 17.5. The summed E-state index contributed by atoms with van der Waals surface area (Å²) in [5.41, 5.74) is -0.490. The molecule has 0 bridgehead atoms. The first-order valence-electron chi connectivity index (χ1n) is 7.88. The highest BCUT2D eigenvalue weighted by Crippen LogP contribution is 2.15. The van der Waals surface area contributed by atoms with E-state index in [1.807, 2.05) is 32.9 Å². The van der Waals surface area contributed by atoms with E-state index in [1.54, 1.807) is 0 Å². The van der Waals surface area contributed by atoms with Gasteiger partial charge in [-0.1, -0.05) is 13.8 Å². The van der Waals surface area contributed by atoms with Crippen LogP contribution in [0.4, 0.5) is 4.79 Å². The Morgan fingerprint density at radius 3 is 2.61 bits per heavy atom. The van der Waals surface area contributed by atoms with Gasteiger partial charge < -0.3 is 15.4 Å². The van der Waals surface area contributed by atoms with Crippen molar-refractivity contribution < 1.29 is 9.53 Å². The quantitative estimate of drug-likeness (QED) is 0.796. The maximum Gasteiger partial charge on any atom is 0.407 e. The van der Waals surface area contributed by atoms with Crippen LogP contribution < -0.4 is 10.6 Å². The van der Waals surface area contributed by atoms with Gasteiger partial charge in [0.2, 0.25) is 0 Å². The van der Waals surface area contributed by atoms with E-state index < -0.39 is 11.7 Å². The summed E-state index contributed by atoms with van der Waals surface area (Å²) in [7, 11) is 0. The van der Waals surface area contributed by atoms with Gasteiger partial charge in [-0.3, -0.25) is 0 Å². The summed E-state index contributed by atoms with van der Waals surface area (Å²) in [4.78, 5) is 13.6. The Morgan fingerprint density at radius 1 is 1.39 bits per heavy atom. The SMILES string of the molecule is CC(C)CC(CNC(=O)OC(C)(C)C)NCc1ccc(C#N)s1. The number of alkyl carbamates (subject to hydrolysis) is 1. The van der Waals surface area contributed by atoms with Gasteiger partial charge in [-0.2, -0.15) is 5.26 Å². The maximum atomic E-state index is 11.8. The van der Waals surface area contributed by atoms with Crippen LogP contribution in [0.25, 0.3) is 0 Å². The molecule has 128 valence electrons. The lowest BCUT2D eigenvalue weighted by Gasteiger charge is -2.23. The Morgan fingerprint density at radius 2 is 2.09 bits per heavy atom. The number of amides is 1. The largest absolute Gasteiger partial charge is 0.444 e. The smallest absolute Gasteiger partial charge is 0.407 e. The van der Waals surface area contributed by atoms with Crippen molar-refractivity contribution in [2.45, 2.75) is 59.2 Å². The maximum absolute atomic E-state index is 11.8. The number of ether oxygens (including phenoxy) is 1. The van der Waals surface area contributed by atoms with Crippen LogP contribution >= 0.6 is 11.3 Å². The Hall–Kier alpha value is -1.58. The number of nitriles is 1. The number of thiophene rings is 1. The van der Waals surface area contributed by atoms with Gasteiger partial charge in [0, 0.05) is 24.0 Å². The Labute approximate surface area is 143 Å². The molecule has 6 heteroatoms. The summed E-state index contributed by atoms with van der Waals surface area (Å²) in [6, 6.07) is 6.10. The van der Waals surface area contributed by atoms with Crippen molar-refractivity contribution in [2.24, 2.45) is 5.92 Å². The standard InChI is InChI=1S/C17H27N3O2S/c1-12(2)8-13(10-20-16(21)22-17(3,4)5)19-11-15-7-6-14(9-18)23-15/h6-7,12-13,19H,8,10-11H2,1-5H3,(H,20,21). The second-order valence-electron chi connectivity index (χ2n) is 6.97. The zero-order valence-electron chi connectivity index (χ0n) is 14.6. The van der Waals surface area contributed by atoms with Gasteiger partial charge in [0.1, 0.15) is 16.5 Å². The van der Waals surface area contributed by atoms with Gasteiger partial charge in [-0.15, -0.1) is 11.3 Å². The van der Waals surface area contributed by atoms with Crippen LogP contribution in [0.3, 0.4) is 0 Å². The molecule has 0 aliphatic carbocycles. The van der Waals surface area contributed by atoms with Crippen LogP contribution in [0.1, 0.15) is 50.8 Å². The minimum Gasteiger partial charge on any atom is -0.444 e. The highest BCUT2D eigenvalue weighted by Gasteiger charge is 2.18. The first kappa shape index (κ1) is 19.5. The molecular formula is C17H27N3O2S. The van der Waals surface area contributed by atoms with Gasteiger partial charge in [0.25, 0.3) is 0 Å². The third-order valence-corrected chi connectivity index (χ3v) is 3.97. The summed E-state index contributed by atoms with van der Waals surface area (Å²) < 4.78 is 5.26. The van der Waals surface area contributed by atoms with Gasteiger partial charge in [0.05, 0.1) is 0 Å². The molecule has 23 heavy (non-hydrogen) atoms. The molecule has 0 aliphatic heterocycles. The van der Waals surface area contributed by atoms with Crippen molar-refractivity contribution in [3.05, 3.63) is 21.9 Å². The molecule has 0 aromatic carbocycles. The average Bonchev–Trinajstić information content (AvgIpc) is 2.87. The van der Waals surface area contributed by atoms with Crippen molar-refractivity contribution in [2.75, 3.05) is 6.54 Å². The second kappa shape index (κ2) is 8.90. The molecule has 1 amide bonds. The number of carbonyl (C=O) groups is 1. The Kier molecular flexibility index (Phi) is 7.53. The fourth-order valence-electron chi connectivity index (χ4n) is 2.11. The number of nitrogens with one attached hydrogen (secondary N) is 2.